The summed E-state index contributed by atoms with van der Waals surface area (Å²) in [5.41, 5.74) is 3.06. The van der Waals surface area contributed by atoms with E-state index in [1.807, 2.05) is 67.6 Å². The number of carbonyl (C=O) groups is 1. The van der Waals surface area contributed by atoms with Crippen LogP contribution in [0.5, 0.6) is 5.88 Å². The van der Waals surface area contributed by atoms with Gasteiger partial charge in [-0.3, -0.25) is 4.79 Å². The first-order valence-corrected chi connectivity index (χ1v) is 10.5. The Balaban J connectivity index is 1.50. The maximum atomic E-state index is 13.1. The number of fused-ring (bicyclic) bond motifs is 1. The Morgan fingerprint density at radius 1 is 0.968 bits per heavy atom. The molecule has 0 saturated heterocycles. The van der Waals surface area contributed by atoms with Crippen LogP contribution in [0.3, 0.4) is 0 Å². The summed E-state index contributed by atoms with van der Waals surface area (Å²) in [7, 11) is 0. The minimum atomic E-state index is -0.377. The molecular formula is C26H23N3O2. The number of aromatic hydroxyl groups is 1. The van der Waals surface area contributed by atoms with Crippen LogP contribution in [0.15, 0.2) is 95.2 Å². The molecule has 1 fully saturated rings. The summed E-state index contributed by atoms with van der Waals surface area (Å²) in [5, 5.41) is 19.7. The number of carbonyl (C=O) groups excluding carboxylic acids is 1. The van der Waals surface area contributed by atoms with E-state index in [0.29, 0.717) is 18.7 Å². The Bertz CT molecular complexity index is 1240. The molecule has 1 aromatic heterocycles. The largest absolute Gasteiger partial charge is 0.493 e. The average Bonchev–Trinajstić information content (AvgIpc) is 3.53. The third-order valence-electron chi connectivity index (χ3n) is 6.32. The molecule has 1 aliphatic carbocycles. The van der Waals surface area contributed by atoms with E-state index in [4.69, 9.17) is 0 Å². The number of hydrogen-bond acceptors (Lipinski definition) is 3. The van der Waals surface area contributed by atoms with E-state index < -0.39 is 0 Å². The lowest BCUT2D eigenvalue weighted by Crippen LogP contribution is -2.16. The van der Waals surface area contributed by atoms with Gasteiger partial charge in [0, 0.05) is 17.3 Å². The van der Waals surface area contributed by atoms with Crippen molar-refractivity contribution >= 4 is 22.5 Å². The summed E-state index contributed by atoms with van der Waals surface area (Å²) in [4.78, 5) is 13.1. The van der Waals surface area contributed by atoms with Crippen LogP contribution in [-0.2, 0) is 16.8 Å². The van der Waals surface area contributed by atoms with Gasteiger partial charge in [0.2, 0.25) is 5.88 Å². The summed E-state index contributed by atoms with van der Waals surface area (Å²) in [6.07, 6.45) is 0.696. The van der Waals surface area contributed by atoms with Crippen LogP contribution >= 0.6 is 0 Å². The Labute approximate surface area is 180 Å². The minimum Gasteiger partial charge on any atom is -0.493 e. The van der Waals surface area contributed by atoms with Crippen molar-refractivity contribution in [1.29, 1.82) is 0 Å². The normalized spacial score (nSPS) is 17.3. The molecule has 154 valence electrons. The number of benzene rings is 3. The molecule has 1 saturated carbocycles. The van der Waals surface area contributed by atoms with E-state index in [1.54, 1.807) is 4.57 Å². The van der Waals surface area contributed by atoms with Gasteiger partial charge in [0.1, 0.15) is 0 Å². The van der Waals surface area contributed by atoms with Gasteiger partial charge in [-0.05, 0) is 30.5 Å². The molecule has 1 atom stereocenters. The molecule has 0 unspecified atom stereocenters. The maximum absolute atomic E-state index is 13.1. The van der Waals surface area contributed by atoms with Gasteiger partial charge in [0.25, 0.3) is 5.91 Å². The predicted octanol–water partition coefficient (Wildman–Crippen LogP) is 5.98. The van der Waals surface area contributed by atoms with Gasteiger partial charge in [0.15, 0.2) is 5.69 Å². The van der Waals surface area contributed by atoms with Crippen LogP contribution in [0.25, 0.3) is 10.9 Å². The van der Waals surface area contributed by atoms with E-state index in [1.165, 1.54) is 0 Å². The van der Waals surface area contributed by atoms with Crippen molar-refractivity contribution in [1.82, 2.24) is 4.57 Å². The summed E-state index contributed by atoms with van der Waals surface area (Å²) in [6, 6.07) is 27.8. The van der Waals surface area contributed by atoms with Gasteiger partial charge in [-0.25, -0.2) is 0 Å². The number of azo groups is 1. The zero-order valence-electron chi connectivity index (χ0n) is 17.3. The zero-order valence-corrected chi connectivity index (χ0v) is 17.3. The number of nitrogens with zero attached hydrogens (tertiary/aromatic N) is 3. The van der Waals surface area contributed by atoms with Crippen molar-refractivity contribution in [3.63, 3.8) is 0 Å². The van der Waals surface area contributed by atoms with Gasteiger partial charge >= 0.3 is 0 Å². The van der Waals surface area contributed by atoms with Crippen molar-refractivity contribution in [3.05, 3.63) is 96.1 Å². The average molecular weight is 409 g/mol. The lowest BCUT2D eigenvalue weighted by molar-refractivity contribution is -0.119. The summed E-state index contributed by atoms with van der Waals surface area (Å²) >= 11 is 0. The molecule has 4 aromatic rings. The second-order valence-electron chi connectivity index (χ2n) is 7.93. The van der Waals surface area contributed by atoms with Gasteiger partial charge in [-0.15, -0.1) is 10.2 Å². The summed E-state index contributed by atoms with van der Waals surface area (Å²) < 4.78 is 1.77. The molecule has 1 heterocycles. The molecule has 0 aliphatic heterocycles. The number of amides is 1. The standard InChI is InChI=1S/C26H23N3O2/c1-2-29-22-16-10-9-15-20(22)23(25(29)31)27-28-24(30)21-17-26(21,18-11-5-3-6-12-18)19-13-7-4-8-14-19/h3-16,21,31H,2,17H2,1H3/t21-/m1/s1. The van der Waals surface area contributed by atoms with Crippen molar-refractivity contribution < 1.29 is 9.90 Å². The van der Waals surface area contributed by atoms with E-state index in [9.17, 15) is 9.90 Å². The van der Waals surface area contributed by atoms with Crippen LogP contribution < -0.4 is 0 Å². The van der Waals surface area contributed by atoms with Gasteiger partial charge < -0.3 is 9.67 Å². The van der Waals surface area contributed by atoms with E-state index in [2.05, 4.69) is 34.5 Å². The Morgan fingerprint density at radius 2 is 1.55 bits per heavy atom. The minimum absolute atomic E-state index is 0.0356. The van der Waals surface area contributed by atoms with Crippen molar-refractivity contribution in [3.8, 4) is 5.88 Å². The molecule has 0 spiro atoms. The molecule has 1 amide bonds. The molecule has 5 rings (SSSR count). The van der Waals surface area contributed by atoms with Crippen LogP contribution in [0, 0.1) is 5.92 Å². The van der Waals surface area contributed by atoms with Crippen LogP contribution in [0.4, 0.5) is 5.69 Å². The second kappa shape index (κ2) is 7.51. The summed E-state index contributed by atoms with van der Waals surface area (Å²) in [6.45, 7) is 2.56. The SMILES string of the molecule is CCn1c(O)c(N=NC(=O)[C@H]2CC2(c2ccccc2)c2ccccc2)c2ccccc21. The Morgan fingerprint density at radius 3 is 2.16 bits per heavy atom. The smallest absolute Gasteiger partial charge is 0.269 e. The fourth-order valence-corrected chi connectivity index (χ4v) is 4.70. The molecular weight excluding hydrogens is 386 g/mol. The zero-order chi connectivity index (χ0) is 21.4. The number of hydrogen-bond donors (Lipinski definition) is 1. The molecule has 0 radical (unpaired) electrons. The first-order chi connectivity index (χ1) is 15.2. The van der Waals surface area contributed by atoms with Gasteiger partial charge in [-0.1, -0.05) is 78.9 Å². The third kappa shape index (κ3) is 3.05. The first-order valence-electron chi connectivity index (χ1n) is 10.5. The van der Waals surface area contributed by atoms with E-state index in [0.717, 1.165) is 22.0 Å². The lowest BCUT2D eigenvalue weighted by atomic mass is 9.85. The van der Waals surface area contributed by atoms with E-state index in [-0.39, 0.29) is 23.1 Å². The maximum Gasteiger partial charge on any atom is 0.269 e. The first kappa shape index (κ1) is 19.2. The lowest BCUT2D eigenvalue weighted by Gasteiger charge is -2.17. The molecule has 0 bridgehead atoms. The molecule has 3 aromatic carbocycles. The summed E-state index contributed by atoms with van der Waals surface area (Å²) in [5.74, 6) is -0.503. The molecule has 31 heavy (non-hydrogen) atoms. The number of rotatable bonds is 5. The number of para-hydroxylation sites is 1. The van der Waals surface area contributed by atoms with Crippen LogP contribution in [0.1, 0.15) is 24.5 Å². The highest BCUT2D eigenvalue weighted by Crippen LogP contribution is 2.59. The molecule has 1 N–H and O–H groups in total. The van der Waals surface area contributed by atoms with Gasteiger partial charge in [0.05, 0.1) is 11.4 Å². The second-order valence-corrected chi connectivity index (χ2v) is 7.93. The third-order valence-corrected chi connectivity index (χ3v) is 6.32. The highest BCUT2D eigenvalue weighted by atomic mass is 16.3. The quantitative estimate of drug-likeness (QED) is 0.412. The van der Waals surface area contributed by atoms with Gasteiger partial charge in [-0.2, -0.15) is 0 Å². The fourth-order valence-electron chi connectivity index (χ4n) is 4.70. The molecule has 5 heteroatoms. The van der Waals surface area contributed by atoms with Crippen molar-refractivity contribution in [2.45, 2.75) is 25.3 Å². The van der Waals surface area contributed by atoms with Crippen molar-refractivity contribution in [2.75, 3.05) is 0 Å². The Kier molecular flexibility index (Phi) is 4.66. The molecule has 5 nitrogen and oxygen atoms in total. The highest BCUT2D eigenvalue weighted by molar-refractivity contribution is 5.95. The van der Waals surface area contributed by atoms with Crippen molar-refractivity contribution in [2.24, 2.45) is 16.1 Å². The highest BCUT2D eigenvalue weighted by Gasteiger charge is 2.60. The number of aryl methyl sites for hydroxylation is 1. The monoisotopic (exact) mass is 409 g/mol. The Hall–Kier alpha value is -3.73. The fraction of sp³-hybridized carbons (Fsp3) is 0.192. The molecule has 1 aliphatic rings. The van der Waals surface area contributed by atoms with Crippen LogP contribution in [0.2, 0.25) is 0 Å². The topological polar surface area (TPSA) is 66.9 Å². The predicted molar refractivity (Wildman–Crippen MR) is 121 cm³/mol. The van der Waals surface area contributed by atoms with E-state index >= 15 is 0 Å². The van der Waals surface area contributed by atoms with Crippen LogP contribution in [-0.4, -0.2) is 15.6 Å². The number of aromatic nitrogens is 1.